The number of pyridine rings is 1. The molecule has 1 aliphatic carbocycles. The summed E-state index contributed by atoms with van der Waals surface area (Å²) < 4.78 is 0. The molecule has 16 heavy (non-hydrogen) atoms. The SMILES string of the molecule is Cc1ccc(C#N)c(N(C)CC2CC2C)n1. The van der Waals surface area contributed by atoms with Crippen LogP contribution in [0, 0.1) is 30.1 Å². The molecule has 1 aliphatic rings. The van der Waals surface area contributed by atoms with Crippen LogP contribution in [-0.2, 0) is 0 Å². The molecular weight excluding hydrogens is 198 g/mol. The third kappa shape index (κ3) is 2.16. The Morgan fingerprint density at radius 2 is 2.25 bits per heavy atom. The predicted molar refractivity (Wildman–Crippen MR) is 64.2 cm³/mol. The highest BCUT2D eigenvalue weighted by molar-refractivity contribution is 5.53. The molecule has 84 valence electrons. The van der Waals surface area contributed by atoms with E-state index < -0.39 is 0 Å². The van der Waals surface area contributed by atoms with E-state index in [2.05, 4.69) is 22.9 Å². The molecule has 1 aromatic rings. The molecule has 0 saturated heterocycles. The summed E-state index contributed by atoms with van der Waals surface area (Å²) in [4.78, 5) is 6.56. The van der Waals surface area contributed by atoms with Crippen molar-refractivity contribution in [1.29, 1.82) is 5.26 Å². The van der Waals surface area contributed by atoms with Crippen molar-refractivity contribution in [3.8, 4) is 6.07 Å². The highest BCUT2D eigenvalue weighted by atomic mass is 15.2. The summed E-state index contributed by atoms with van der Waals surface area (Å²) in [6.45, 7) is 5.23. The van der Waals surface area contributed by atoms with E-state index in [1.807, 2.05) is 26.1 Å². The van der Waals surface area contributed by atoms with Gasteiger partial charge >= 0.3 is 0 Å². The lowest BCUT2D eigenvalue weighted by Crippen LogP contribution is -2.22. The van der Waals surface area contributed by atoms with E-state index in [1.54, 1.807) is 0 Å². The van der Waals surface area contributed by atoms with Crippen molar-refractivity contribution < 1.29 is 0 Å². The largest absolute Gasteiger partial charge is 0.358 e. The number of anilines is 1. The summed E-state index contributed by atoms with van der Waals surface area (Å²) in [5, 5.41) is 9.04. The quantitative estimate of drug-likeness (QED) is 0.777. The monoisotopic (exact) mass is 215 g/mol. The van der Waals surface area contributed by atoms with Crippen LogP contribution < -0.4 is 4.90 Å². The molecule has 0 amide bonds. The van der Waals surface area contributed by atoms with Crippen LogP contribution in [0.5, 0.6) is 0 Å². The van der Waals surface area contributed by atoms with Crippen LogP contribution in [0.2, 0.25) is 0 Å². The van der Waals surface area contributed by atoms with Gasteiger partial charge in [0.15, 0.2) is 0 Å². The van der Waals surface area contributed by atoms with Crippen LogP contribution in [0.15, 0.2) is 12.1 Å². The Labute approximate surface area is 96.7 Å². The fraction of sp³-hybridized carbons (Fsp3) is 0.538. The van der Waals surface area contributed by atoms with Crippen molar-refractivity contribution >= 4 is 5.82 Å². The Balaban J connectivity index is 2.18. The van der Waals surface area contributed by atoms with Gasteiger partial charge in [-0.25, -0.2) is 4.98 Å². The zero-order chi connectivity index (χ0) is 11.7. The molecule has 2 atom stereocenters. The molecule has 2 unspecified atom stereocenters. The molecule has 3 heteroatoms. The molecule has 0 N–H and O–H groups in total. The van der Waals surface area contributed by atoms with Crippen LogP contribution in [0.3, 0.4) is 0 Å². The average molecular weight is 215 g/mol. The third-order valence-electron chi connectivity index (χ3n) is 3.28. The Morgan fingerprint density at radius 1 is 1.56 bits per heavy atom. The van der Waals surface area contributed by atoms with E-state index in [-0.39, 0.29) is 0 Å². The van der Waals surface area contributed by atoms with Crippen LogP contribution in [0.4, 0.5) is 5.82 Å². The smallest absolute Gasteiger partial charge is 0.146 e. The van der Waals surface area contributed by atoms with Gasteiger partial charge in [0.2, 0.25) is 0 Å². The Bertz CT molecular complexity index is 433. The van der Waals surface area contributed by atoms with Gasteiger partial charge in [0.05, 0.1) is 5.56 Å². The molecule has 0 spiro atoms. The highest BCUT2D eigenvalue weighted by Crippen LogP contribution is 2.38. The van der Waals surface area contributed by atoms with Gasteiger partial charge in [-0.2, -0.15) is 5.26 Å². The molecule has 1 fully saturated rings. The molecule has 0 bridgehead atoms. The Morgan fingerprint density at radius 3 is 2.81 bits per heavy atom. The Hall–Kier alpha value is -1.56. The topological polar surface area (TPSA) is 39.9 Å². The van der Waals surface area contributed by atoms with Crippen molar-refractivity contribution in [2.45, 2.75) is 20.3 Å². The van der Waals surface area contributed by atoms with E-state index >= 15 is 0 Å². The summed E-state index contributed by atoms with van der Waals surface area (Å²) in [6.07, 6.45) is 1.30. The van der Waals surface area contributed by atoms with Crippen LogP contribution in [0.25, 0.3) is 0 Å². The first-order valence-electron chi connectivity index (χ1n) is 5.70. The molecule has 1 heterocycles. The minimum Gasteiger partial charge on any atom is -0.358 e. The fourth-order valence-corrected chi connectivity index (χ4v) is 2.01. The number of nitriles is 1. The zero-order valence-electron chi connectivity index (χ0n) is 10.1. The predicted octanol–water partition coefficient (Wildman–Crippen LogP) is 2.35. The minimum atomic E-state index is 0.668. The summed E-state index contributed by atoms with van der Waals surface area (Å²) in [7, 11) is 2.02. The number of rotatable bonds is 3. The van der Waals surface area contributed by atoms with E-state index in [9.17, 15) is 0 Å². The zero-order valence-corrected chi connectivity index (χ0v) is 10.1. The standard InChI is InChI=1S/C13H17N3/c1-9-6-12(9)8-16(3)13-11(7-14)5-4-10(2)15-13/h4-5,9,12H,6,8H2,1-3H3. The number of aromatic nitrogens is 1. The Kier molecular flexibility index (Phi) is 2.82. The summed E-state index contributed by atoms with van der Waals surface area (Å²) in [5.41, 5.74) is 1.63. The molecule has 3 nitrogen and oxygen atoms in total. The second kappa shape index (κ2) is 4.13. The van der Waals surface area contributed by atoms with Crippen molar-refractivity contribution in [3.05, 3.63) is 23.4 Å². The number of aryl methyl sites for hydroxylation is 1. The average Bonchev–Trinajstić information content (AvgIpc) is 2.94. The lowest BCUT2D eigenvalue weighted by atomic mass is 10.2. The van der Waals surface area contributed by atoms with Gasteiger partial charge in [-0.15, -0.1) is 0 Å². The number of hydrogen-bond acceptors (Lipinski definition) is 3. The maximum Gasteiger partial charge on any atom is 0.146 e. The number of nitrogens with zero attached hydrogens (tertiary/aromatic N) is 3. The third-order valence-corrected chi connectivity index (χ3v) is 3.28. The summed E-state index contributed by atoms with van der Waals surface area (Å²) in [6, 6.07) is 5.94. The second-order valence-electron chi connectivity index (χ2n) is 4.79. The van der Waals surface area contributed by atoms with Crippen molar-refractivity contribution in [3.63, 3.8) is 0 Å². The lowest BCUT2D eigenvalue weighted by Gasteiger charge is -2.19. The van der Waals surface area contributed by atoms with Gasteiger partial charge in [-0.3, -0.25) is 0 Å². The first kappa shape index (κ1) is 10.9. The van der Waals surface area contributed by atoms with Gasteiger partial charge in [0.25, 0.3) is 0 Å². The minimum absolute atomic E-state index is 0.668. The van der Waals surface area contributed by atoms with Crippen LogP contribution in [-0.4, -0.2) is 18.6 Å². The highest BCUT2D eigenvalue weighted by Gasteiger charge is 2.33. The van der Waals surface area contributed by atoms with Crippen molar-refractivity contribution in [2.75, 3.05) is 18.5 Å². The first-order chi connectivity index (χ1) is 7.61. The molecule has 1 aromatic heterocycles. The van der Waals surface area contributed by atoms with Gasteiger partial charge in [0.1, 0.15) is 11.9 Å². The van der Waals surface area contributed by atoms with Crippen LogP contribution in [0.1, 0.15) is 24.6 Å². The maximum absolute atomic E-state index is 9.04. The second-order valence-corrected chi connectivity index (χ2v) is 4.79. The van der Waals surface area contributed by atoms with E-state index in [4.69, 9.17) is 5.26 Å². The van der Waals surface area contributed by atoms with E-state index in [0.717, 1.165) is 29.9 Å². The molecule has 0 aliphatic heterocycles. The summed E-state index contributed by atoms with van der Waals surface area (Å²) >= 11 is 0. The fourth-order valence-electron chi connectivity index (χ4n) is 2.01. The maximum atomic E-state index is 9.04. The molecule has 0 radical (unpaired) electrons. The van der Waals surface area contributed by atoms with E-state index in [1.165, 1.54) is 6.42 Å². The molecule has 1 saturated carbocycles. The van der Waals surface area contributed by atoms with Gasteiger partial charge in [-0.1, -0.05) is 6.92 Å². The van der Waals surface area contributed by atoms with Gasteiger partial charge < -0.3 is 4.90 Å². The van der Waals surface area contributed by atoms with Crippen molar-refractivity contribution in [2.24, 2.45) is 11.8 Å². The van der Waals surface area contributed by atoms with E-state index in [0.29, 0.717) is 5.56 Å². The molecule has 0 aromatic carbocycles. The number of hydrogen-bond donors (Lipinski definition) is 0. The first-order valence-corrected chi connectivity index (χ1v) is 5.70. The van der Waals surface area contributed by atoms with Crippen molar-refractivity contribution in [1.82, 2.24) is 4.98 Å². The van der Waals surface area contributed by atoms with Gasteiger partial charge in [0, 0.05) is 19.3 Å². The normalized spacial score (nSPS) is 22.6. The molecule has 2 rings (SSSR count). The molecular formula is C13H17N3. The van der Waals surface area contributed by atoms with Crippen LogP contribution >= 0.6 is 0 Å². The summed E-state index contributed by atoms with van der Waals surface area (Å²) in [5.74, 6) is 2.43. The lowest BCUT2D eigenvalue weighted by molar-refractivity contribution is 0.718. The van der Waals surface area contributed by atoms with Gasteiger partial charge in [-0.05, 0) is 37.3 Å².